The number of fused-ring (bicyclic) bond motifs is 3. The number of pyridine rings is 2. The molecule has 0 spiro atoms. The van der Waals surface area contributed by atoms with Crippen LogP contribution in [0.5, 0.6) is 0 Å². The first-order valence-electron chi connectivity index (χ1n) is 12.5. The van der Waals surface area contributed by atoms with Crippen molar-refractivity contribution in [1.82, 2.24) is 0 Å². The van der Waals surface area contributed by atoms with E-state index in [4.69, 9.17) is 0 Å². The highest BCUT2D eigenvalue weighted by molar-refractivity contribution is 7.86. The molecule has 0 saturated heterocycles. The van der Waals surface area contributed by atoms with E-state index in [1.54, 1.807) is 0 Å². The number of aromatic nitrogens is 2. The molecule has 2 aromatic carbocycles. The average Bonchev–Trinajstić information content (AvgIpc) is 3.15. The molecule has 1 aliphatic rings. The summed E-state index contributed by atoms with van der Waals surface area (Å²) in [7, 11) is -2.96. The molecular weight excluding hydrogens is 435 g/mol. The first-order chi connectivity index (χ1) is 16.6. The van der Waals surface area contributed by atoms with Gasteiger partial charge in [-0.2, -0.15) is 0 Å². The van der Waals surface area contributed by atoms with Crippen molar-refractivity contribution in [2.24, 2.45) is 0 Å². The van der Waals surface area contributed by atoms with Gasteiger partial charge in [0.25, 0.3) is 0 Å². The van der Waals surface area contributed by atoms with Crippen LogP contribution in [0.3, 0.4) is 0 Å². The zero-order valence-electron chi connectivity index (χ0n) is 20.2. The molecule has 4 aromatic rings. The number of unbranched alkanes of at least 4 members (excludes halogenated alkanes) is 2. The van der Waals surface area contributed by atoms with Gasteiger partial charge >= 0.3 is 0 Å². The van der Waals surface area contributed by atoms with Gasteiger partial charge in [0.05, 0.1) is 5.30 Å². The van der Waals surface area contributed by atoms with Crippen LogP contribution in [-0.2, 0) is 17.7 Å². The number of nitrogens with zero attached hydrogens (tertiary/aromatic N) is 2. The maximum absolute atomic E-state index is 15.0. The third-order valence-electron chi connectivity index (χ3n) is 6.85. The molecule has 3 heterocycles. The van der Waals surface area contributed by atoms with Crippen LogP contribution < -0.4 is 25.0 Å². The lowest BCUT2D eigenvalue weighted by Gasteiger charge is -2.15. The van der Waals surface area contributed by atoms with E-state index in [-0.39, 0.29) is 0 Å². The molecule has 1 aliphatic heterocycles. The Morgan fingerprint density at radius 1 is 0.676 bits per heavy atom. The summed E-state index contributed by atoms with van der Waals surface area (Å²) in [4.78, 5) is 0. The van der Waals surface area contributed by atoms with Gasteiger partial charge in [0.15, 0.2) is 31.9 Å². The van der Waals surface area contributed by atoms with Crippen molar-refractivity contribution in [1.29, 1.82) is 0 Å². The fourth-order valence-electron chi connectivity index (χ4n) is 4.87. The van der Waals surface area contributed by atoms with Crippen LogP contribution in [0.4, 0.5) is 0 Å². The predicted molar refractivity (Wildman–Crippen MR) is 140 cm³/mol. The minimum absolute atomic E-state index is 0.908. The molecule has 34 heavy (non-hydrogen) atoms. The molecule has 2 aromatic heterocycles. The van der Waals surface area contributed by atoms with Crippen molar-refractivity contribution < 1.29 is 13.7 Å². The molecule has 172 valence electrons. The molecule has 0 amide bonds. The smallest absolute Gasteiger partial charge is 0.180 e. The van der Waals surface area contributed by atoms with Crippen molar-refractivity contribution in [3.8, 4) is 22.3 Å². The lowest BCUT2D eigenvalue weighted by molar-refractivity contribution is -0.697. The van der Waals surface area contributed by atoms with Crippen molar-refractivity contribution in [2.45, 2.75) is 52.6 Å². The topological polar surface area (TPSA) is 24.8 Å². The van der Waals surface area contributed by atoms with Crippen molar-refractivity contribution >= 4 is 23.1 Å². The highest BCUT2D eigenvalue weighted by atomic mass is 31.2. The summed E-state index contributed by atoms with van der Waals surface area (Å²) in [6.07, 6.45) is 13.2. The maximum Gasteiger partial charge on any atom is 0.180 e. The number of benzene rings is 2. The summed E-state index contributed by atoms with van der Waals surface area (Å²) in [6, 6.07) is 23.0. The molecule has 1 unspecified atom stereocenters. The number of aryl methyl sites for hydroxylation is 2. The Bertz CT molecular complexity index is 1350. The lowest BCUT2D eigenvalue weighted by Crippen LogP contribution is -2.37. The van der Waals surface area contributed by atoms with E-state index in [0.717, 1.165) is 64.1 Å². The van der Waals surface area contributed by atoms with Gasteiger partial charge in [-0.05, 0) is 22.8 Å². The summed E-state index contributed by atoms with van der Waals surface area (Å²) in [5.74, 6) is 0. The van der Waals surface area contributed by atoms with E-state index in [0.29, 0.717) is 0 Å². The summed E-state index contributed by atoms with van der Waals surface area (Å²) in [6.45, 7) is 6.41. The molecule has 5 rings (SSSR count). The van der Waals surface area contributed by atoms with Gasteiger partial charge in [-0.25, -0.2) is 9.13 Å². The molecule has 0 radical (unpaired) electrons. The van der Waals surface area contributed by atoms with Gasteiger partial charge in [0.1, 0.15) is 13.1 Å². The Balaban J connectivity index is 1.62. The third kappa shape index (κ3) is 4.03. The molecule has 0 fully saturated rings. The van der Waals surface area contributed by atoms with Crippen molar-refractivity contribution in [3.05, 3.63) is 91.5 Å². The quantitative estimate of drug-likeness (QED) is 0.228. The first-order valence-corrected chi connectivity index (χ1v) is 14.2. The molecule has 0 aliphatic carbocycles. The van der Waals surface area contributed by atoms with Crippen LogP contribution in [0.1, 0.15) is 39.5 Å². The van der Waals surface area contributed by atoms with Gasteiger partial charge in [-0.1, -0.05) is 69.2 Å². The van der Waals surface area contributed by atoms with E-state index in [1.807, 2.05) is 30.3 Å². The second kappa shape index (κ2) is 9.68. The normalized spacial score (nSPS) is 16.3. The van der Waals surface area contributed by atoms with Crippen LogP contribution in [0.15, 0.2) is 91.5 Å². The van der Waals surface area contributed by atoms with Gasteiger partial charge in [0.2, 0.25) is 0 Å². The number of rotatable bonds is 8. The SMILES string of the molecule is CCCC[n+]1ccc(-c2ccc3c(c2)P(=O)(c2ccccc2)c2c[n+](CCCC)ccc2-3)cc1. The average molecular weight is 469 g/mol. The van der Waals surface area contributed by atoms with Gasteiger partial charge in [0, 0.05) is 47.2 Å². The van der Waals surface area contributed by atoms with E-state index in [2.05, 4.69) is 84.2 Å². The van der Waals surface area contributed by atoms with Gasteiger partial charge in [-0.15, -0.1) is 0 Å². The summed E-state index contributed by atoms with van der Waals surface area (Å²) in [5.41, 5.74) is 4.47. The zero-order chi connectivity index (χ0) is 23.5. The van der Waals surface area contributed by atoms with Crippen LogP contribution >= 0.6 is 7.14 Å². The Morgan fingerprint density at radius 3 is 2.03 bits per heavy atom. The molecule has 1 atom stereocenters. The van der Waals surface area contributed by atoms with Gasteiger partial charge in [-0.3, -0.25) is 0 Å². The molecular formula is C30H33N2OP+2. The summed E-state index contributed by atoms with van der Waals surface area (Å²) in [5, 5.41) is 2.84. The zero-order valence-corrected chi connectivity index (χ0v) is 21.0. The molecule has 3 nitrogen and oxygen atoms in total. The monoisotopic (exact) mass is 468 g/mol. The highest BCUT2D eigenvalue weighted by Gasteiger charge is 2.42. The van der Waals surface area contributed by atoms with Crippen molar-refractivity contribution in [2.75, 3.05) is 0 Å². The standard InChI is InChI=1S/C30H33N2OP/c1-3-5-17-31-19-14-24(15-20-31)25-12-13-27-28-16-21-32(18-6-4-2)23-30(28)34(33,29(27)22-25)26-10-8-7-9-11-26/h7-16,19-23H,3-6,17-18H2,1-2H3/q+2. The third-order valence-corrected chi connectivity index (χ3v) is 9.96. The largest absolute Gasteiger partial charge is 0.308 e. The fraction of sp³-hybridized carbons (Fsp3) is 0.267. The van der Waals surface area contributed by atoms with Crippen molar-refractivity contribution in [3.63, 3.8) is 0 Å². The molecule has 0 bridgehead atoms. The minimum Gasteiger partial charge on any atom is -0.308 e. The summed E-state index contributed by atoms with van der Waals surface area (Å²) >= 11 is 0. The Hall–Kier alpha value is -3.03. The Labute approximate surface area is 203 Å². The van der Waals surface area contributed by atoms with E-state index in [9.17, 15) is 0 Å². The second-order valence-corrected chi connectivity index (χ2v) is 11.9. The highest BCUT2D eigenvalue weighted by Crippen LogP contribution is 2.52. The minimum atomic E-state index is -2.96. The van der Waals surface area contributed by atoms with Crippen LogP contribution in [-0.4, -0.2) is 0 Å². The maximum atomic E-state index is 15.0. The van der Waals surface area contributed by atoms with Crippen LogP contribution in [0.25, 0.3) is 22.3 Å². The van der Waals surface area contributed by atoms with E-state index < -0.39 is 7.14 Å². The van der Waals surface area contributed by atoms with Gasteiger partial charge < -0.3 is 4.57 Å². The first kappa shape index (κ1) is 22.7. The molecule has 0 N–H and O–H groups in total. The van der Waals surface area contributed by atoms with E-state index >= 15 is 4.57 Å². The molecule has 0 saturated carbocycles. The molecule has 4 heteroatoms. The van der Waals surface area contributed by atoms with Crippen LogP contribution in [0.2, 0.25) is 0 Å². The van der Waals surface area contributed by atoms with Crippen LogP contribution in [0, 0.1) is 0 Å². The second-order valence-electron chi connectivity index (χ2n) is 9.19. The number of hydrogen-bond acceptors (Lipinski definition) is 1. The lowest BCUT2D eigenvalue weighted by atomic mass is 10.0. The van der Waals surface area contributed by atoms with E-state index in [1.165, 1.54) is 12.8 Å². The summed E-state index contributed by atoms with van der Waals surface area (Å²) < 4.78 is 19.5. The fourth-order valence-corrected chi connectivity index (χ4v) is 7.98. The predicted octanol–water partition coefficient (Wildman–Crippen LogP) is 5.15. The Kier molecular flexibility index (Phi) is 6.48. The Morgan fingerprint density at radius 2 is 1.32 bits per heavy atom. The number of hydrogen-bond donors (Lipinski definition) is 0.